The number of anilines is 1. The van der Waals surface area contributed by atoms with E-state index in [1.54, 1.807) is 13.2 Å². The van der Waals surface area contributed by atoms with Gasteiger partial charge in [0.1, 0.15) is 11.7 Å². The monoisotopic (exact) mass is 209 g/mol. The van der Waals surface area contributed by atoms with Gasteiger partial charge in [0.05, 0.1) is 7.11 Å². The van der Waals surface area contributed by atoms with Gasteiger partial charge in [-0.25, -0.2) is 0 Å². The molecule has 6 heteroatoms. The molecule has 0 fully saturated rings. The predicted molar refractivity (Wildman–Crippen MR) is 59.7 cm³/mol. The van der Waals surface area contributed by atoms with E-state index in [2.05, 4.69) is 15.4 Å². The fourth-order valence-corrected chi connectivity index (χ4v) is 1.01. The largest absolute Gasteiger partial charge is 0.481 e. The topological polar surface area (TPSA) is 98.5 Å². The van der Waals surface area contributed by atoms with Gasteiger partial charge in [-0.15, -0.1) is 0 Å². The summed E-state index contributed by atoms with van der Waals surface area (Å²) >= 11 is 0. The summed E-state index contributed by atoms with van der Waals surface area (Å²) in [6.45, 7) is 0.632. The molecule has 0 unspecified atom stereocenters. The van der Waals surface area contributed by atoms with Crippen LogP contribution in [0.15, 0.2) is 23.3 Å². The molecule has 15 heavy (non-hydrogen) atoms. The lowest BCUT2D eigenvalue weighted by molar-refractivity contribution is 0.398. The van der Waals surface area contributed by atoms with Gasteiger partial charge in [0.2, 0.25) is 5.88 Å². The first-order chi connectivity index (χ1) is 7.26. The standard InChI is InChI=1S/C9H15N5O/c1-15-9-4-2-3-8(13-9)12-6-5-7(10)14-11/h2-4H,5-6,11H2,1H3,(H2,10,14)(H,12,13). The third-order valence-corrected chi connectivity index (χ3v) is 1.79. The second-order valence-corrected chi connectivity index (χ2v) is 2.86. The molecule has 0 radical (unpaired) electrons. The zero-order valence-corrected chi connectivity index (χ0v) is 8.60. The Hall–Kier alpha value is -1.98. The van der Waals surface area contributed by atoms with Gasteiger partial charge in [-0.2, -0.15) is 10.1 Å². The fourth-order valence-electron chi connectivity index (χ4n) is 1.01. The van der Waals surface area contributed by atoms with E-state index < -0.39 is 0 Å². The lowest BCUT2D eigenvalue weighted by Gasteiger charge is -2.06. The van der Waals surface area contributed by atoms with Crippen LogP contribution in [-0.4, -0.2) is 24.5 Å². The van der Waals surface area contributed by atoms with Gasteiger partial charge in [-0.3, -0.25) is 0 Å². The van der Waals surface area contributed by atoms with Crippen molar-refractivity contribution in [2.75, 3.05) is 19.0 Å². The Morgan fingerprint density at radius 3 is 3.07 bits per heavy atom. The molecule has 1 rings (SSSR count). The summed E-state index contributed by atoms with van der Waals surface area (Å²) < 4.78 is 4.98. The van der Waals surface area contributed by atoms with Crippen molar-refractivity contribution in [3.05, 3.63) is 18.2 Å². The molecular formula is C9H15N5O. The Bertz CT molecular complexity index is 339. The van der Waals surface area contributed by atoms with Gasteiger partial charge in [-0.05, 0) is 6.07 Å². The quantitative estimate of drug-likeness (QED) is 0.277. The molecule has 0 spiro atoms. The zero-order chi connectivity index (χ0) is 11.1. The number of pyridine rings is 1. The first-order valence-corrected chi connectivity index (χ1v) is 4.53. The molecule has 0 saturated carbocycles. The molecular weight excluding hydrogens is 194 g/mol. The SMILES string of the molecule is COc1cccc(NCCC(N)=NN)n1. The van der Waals surface area contributed by atoms with Crippen LogP contribution in [-0.2, 0) is 0 Å². The minimum absolute atomic E-state index is 0.408. The molecule has 6 nitrogen and oxygen atoms in total. The molecule has 1 aromatic rings. The average molecular weight is 209 g/mol. The van der Waals surface area contributed by atoms with Gasteiger partial charge in [-0.1, -0.05) is 6.07 Å². The minimum Gasteiger partial charge on any atom is -0.481 e. The van der Waals surface area contributed by atoms with Crippen molar-refractivity contribution in [3.63, 3.8) is 0 Å². The fraction of sp³-hybridized carbons (Fsp3) is 0.333. The van der Waals surface area contributed by atoms with Crippen LogP contribution in [0.1, 0.15) is 6.42 Å². The Morgan fingerprint density at radius 2 is 2.40 bits per heavy atom. The Balaban J connectivity index is 2.43. The summed E-state index contributed by atoms with van der Waals surface area (Å²) in [6, 6.07) is 5.48. The van der Waals surface area contributed by atoms with Crippen LogP contribution in [0, 0.1) is 0 Å². The predicted octanol–water partition coefficient (Wildman–Crippen LogP) is 0.123. The van der Waals surface area contributed by atoms with Crippen molar-refractivity contribution in [3.8, 4) is 5.88 Å². The van der Waals surface area contributed by atoms with Gasteiger partial charge >= 0.3 is 0 Å². The van der Waals surface area contributed by atoms with Gasteiger partial charge in [0, 0.05) is 19.0 Å². The smallest absolute Gasteiger partial charge is 0.214 e. The lowest BCUT2D eigenvalue weighted by Crippen LogP contribution is -2.18. The molecule has 0 aliphatic rings. The molecule has 1 heterocycles. The summed E-state index contributed by atoms with van der Waals surface area (Å²) in [5.74, 6) is 6.71. The normalized spacial score (nSPS) is 11.1. The van der Waals surface area contributed by atoms with E-state index in [0.29, 0.717) is 24.7 Å². The zero-order valence-electron chi connectivity index (χ0n) is 8.60. The van der Waals surface area contributed by atoms with Crippen LogP contribution in [0.4, 0.5) is 5.82 Å². The van der Waals surface area contributed by atoms with Crippen molar-refractivity contribution >= 4 is 11.7 Å². The number of hydrogen-bond acceptors (Lipinski definition) is 5. The summed E-state index contributed by atoms with van der Waals surface area (Å²) in [7, 11) is 1.57. The Labute approximate surface area is 88.3 Å². The number of aromatic nitrogens is 1. The van der Waals surface area contributed by atoms with Crippen LogP contribution in [0.25, 0.3) is 0 Å². The highest BCUT2D eigenvalue weighted by molar-refractivity contribution is 5.80. The number of hydrogen-bond donors (Lipinski definition) is 3. The summed E-state index contributed by atoms with van der Waals surface area (Å²) in [6.07, 6.45) is 0.579. The molecule has 0 aliphatic carbocycles. The van der Waals surface area contributed by atoms with Gasteiger partial charge in [0.25, 0.3) is 0 Å². The number of amidine groups is 1. The number of hydrazone groups is 1. The minimum atomic E-state index is 0.408. The highest BCUT2D eigenvalue weighted by Gasteiger charge is 1.97. The first kappa shape index (κ1) is 11.1. The van der Waals surface area contributed by atoms with Crippen LogP contribution in [0.5, 0.6) is 5.88 Å². The lowest BCUT2D eigenvalue weighted by atomic mass is 10.4. The molecule has 0 amide bonds. The van der Waals surface area contributed by atoms with E-state index in [1.165, 1.54) is 0 Å². The summed E-state index contributed by atoms with van der Waals surface area (Å²) in [5, 5.41) is 6.44. The molecule has 0 saturated heterocycles. The highest BCUT2D eigenvalue weighted by Crippen LogP contribution is 2.10. The van der Waals surface area contributed by atoms with E-state index in [0.717, 1.165) is 5.82 Å². The van der Waals surface area contributed by atoms with Crippen LogP contribution >= 0.6 is 0 Å². The number of ether oxygens (including phenoxy) is 1. The third-order valence-electron chi connectivity index (χ3n) is 1.79. The molecule has 0 aliphatic heterocycles. The van der Waals surface area contributed by atoms with Crippen molar-refractivity contribution in [2.45, 2.75) is 6.42 Å². The average Bonchev–Trinajstić information content (AvgIpc) is 2.29. The highest BCUT2D eigenvalue weighted by atomic mass is 16.5. The van der Waals surface area contributed by atoms with E-state index in [1.807, 2.05) is 12.1 Å². The second-order valence-electron chi connectivity index (χ2n) is 2.86. The summed E-state index contributed by atoms with van der Waals surface area (Å²) in [4.78, 5) is 4.17. The van der Waals surface area contributed by atoms with Crippen molar-refractivity contribution < 1.29 is 4.74 Å². The number of rotatable bonds is 5. The summed E-state index contributed by atoms with van der Waals surface area (Å²) in [5.41, 5.74) is 5.43. The van der Waals surface area contributed by atoms with Gasteiger partial charge in [0.15, 0.2) is 0 Å². The maximum Gasteiger partial charge on any atom is 0.214 e. The number of nitrogens with one attached hydrogen (secondary N) is 1. The van der Waals surface area contributed by atoms with Crippen LogP contribution in [0.3, 0.4) is 0 Å². The third kappa shape index (κ3) is 3.72. The maximum absolute atomic E-state index is 5.43. The molecule has 0 atom stereocenters. The number of methoxy groups -OCH3 is 1. The second kappa shape index (κ2) is 5.69. The van der Waals surface area contributed by atoms with E-state index in [-0.39, 0.29) is 0 Å². The van der Waals surface area contributed by atoms with E-state index in [9.17, 15) is 0 Å². The number of nitrogens with zero attached hydrogens (tertiary/aromatic N) is 2. The maximum atomic E-state index is 5.43. The molecule has 5 N–H and O–H groups in total. The van der Waals surface area contributed by atoms with Crippen LogP contribution < -0.4 is 21.6 Å². The van der Waals surface area contributed by atoms with E-state index in [4.69, 9.17) is 16.3 Å². The molecule has 1 aromatic heterocycles. The molecule has 0 aromatic carbocycles. The van der Waals surface area contributed by atoms with E-state index >= 15 is 0 Å². The molecule has 0 bridgehead atoms. The van der Waals surface area contributed by atoms with Crippen LogP contribution in [0.2, 0.25) is 0 Å². The molecule has 82 valence electrons. The van der Waals surface area contributed by atoms with Crippen molar-refractivity contribution in [1.82, 2.24) is 4.98 Å². The first-order valence-electron chi connectivity index (χ1n) is 4.53. The van der Waals surface area contributed by atoms with Gasteiger partial charge < -0.3 is 21.6 Å². The Morgan fingerprint density at radius 1 is 1.60 bits per heavy atom. The number of nitrogens with two attached hydrogens (primary N) is 2. The van der Waals surface area contributed by atoms with Crippen molar-refractivity contribution in [2.24, 2.45) is 16.7 Å². The Kier molecular flexibility index (Phi) is 4.21. The van der Waals surface area contributed by atoms with Crippen molar-refractivity contribution in [1.29, 1.82) is 0 Å².